The van der Waals surface area contributed by atoms with Crippen molar-refractivity contribution in [1.29, 1.82) is 0 Å². The Hall–Kier alpha value is -0.700. The first-order chi connectivity index (χ1) is 6.19. The number of allylic oxidation sites excluding steroid dienone is 1. The van der Waals surface area contributed by atoms with E-state index >= 15 is 0 Å². The van der Waals surface area contributed by atoms with Gasteiger partial charge in [0, 0.05) is 6.42 Å². The second-order valence-electron chi connectivity index (χ2n) is 4.43. The zero-order chi connectivity index (χ0) is 9.73. The number of unbranched alkanes of at least 4 members (excludes halogenated alkanes) is 1. The highest BCUT2D eigenvalue weighted by atomic mass is 14.3. The summed E-state index contributed by atoms with van der Waals surface area (Å²) in [6.07, 6.45) is 13.8. The molecule has 0 aliphatic heterocycles. The highest BCUT2D eigenvalue weighted by molar-refractivity contribution is 5.11. The van der Waals surface area contributed by atoms with E-state index in [-0.39, 0.29) is 0 Å². The van der Waals surface area contributed by atoms with Gasteiger partial charge in [-0.25, -0.2) is 0 Å². The molecule has 0 bridgehead atoms. The second-order valence-corrected chi connectivity index (χ2v) is 4.43. The Balaban J connectivity index is 2.43. The molecule has 1 atom stereocenters. The molecular formula is C13H20. The third kappa shape index (κ3) is 2.62. The molecule has 0 spiro atoms. The Bertz CT molecular complexity index is 219. The van der Waals surface area contributed by atoms with E-state index in [1.165, 1.54) is 37.7 Å². The SMILES string of the molecule is C#CCCC[C@]1(C)CCCCC1=C. The van der Waals surface area contributed by atoms with Crippen molar-refractivity contribution in [1.82, 2.24) is 0 Å². The van der Waals surface area contributed by atoms with Crippen molar-refractivity contribution in [3.05, 3.63) is 12.2 Å². The van der Waals surface area contributed by atoms with Crippen molar-refractivity contribution in [2.45, 2.75) is 51.9 Å². The van der Waals surface area contributed by atoms with Gasteiger partial charge in [0.15, 0.2) is 0 Å². The van der Waals surface area contributed by atoms with E-state index in [4.69, 9.17) is 6.42 Å². The predicted molar refractivity (Wildman–Crippen MR) is 58.4 cm³/mol. The van der Waals surface area contributed by atoms with Crippen molar-refractivity contribution in [3.8, 4) is 12.3 Å². The van der Waals surface area contributed by atoms with Crippen LogP contribution >= 0.6 is 0 Å². The maximum atomic E-state index is 5.25. The van der Waals surface area contributed by atoms with Gasteiger partial charge >= 0.3 is 0 Å². The quantitative estimate of drug-likeness (QED) is 0.347. The van der Waals surface area contributed by atoms with Gasteiger partial charge in [-0.3, -0.25) is 0 Å². The molecule has 1 saturated carbocycles. The van der Waals surface area contributed by atoms with Crippen LogP contribution in [-0.4, -0.2) is 0 Å². The van der Waals surface area contributed by atoms with Gasteiger partial charge in [-0.2, -0.15) is 0 Å². The molecule has 0 aromatic rings. The summed E-state index contributed by atoms with van der Waals surface area (Å²) >= 11 is 0. The molecule has 0 amide bonds. The first kappa shape index (κ1) is 10.4. The fourth-order valence-electron chi connectivity index (χ4n) is 2.21. The molecule has 1 aliphatic rings. The first-order valence-corrected chi connectivity index (χ1v) is 5.31. The predicted octanol–water partition coefficient (Wildman–Crippen LogP) is 3.93. The minimum absolute atomic E-state index is 0.398. The van der Waals surface area contributed by atoms with Gasteiger partial charge in [-0.15, -0.1) is 12.3 Å². The topological polar surface area (TPSA) is 0 Å². The van der Waals surface area contributed by atoms with Crippen LogP contribution in [-0.2, 0) is 0 Å². The van der Waals surface area contributed by atoms with Crippen LogP contribution in [0, 0.1) is 17.8 Å². The fourth-order valence-corrected chi connectivity index (χ4v) is 2.21. The number of terminal acetylenes is 1. The van der Waals surface area contributed by atoms with E-state index < -0.39 is 0 Å². The van der Waals surface area contributed by atoms with Crippen molar-refractivity contribution in [3.63, 3.8) is 0 Å². The Morgan fingerprint density at radius 3 is 2.92 bits per heavy atom. The standard InChI is InChI=1S/C13H20/c1-4-5-7-10-13(3)11-8-6-9-12(13)2/h1H,2,5-11H2,3H3/t13-/m1/s1. The van der Waals surface area contributed by atoms with Crippen LogP contribution < -0.4 is 0 Å². The average Bonchev–Trinajstić information content (AvgIpc) is 2.11. The van der Waals surface area contributed by atoms with E-state index in [1.54, 1.807) is 0 Å². The highest BCUT2D eigenvalue weighted by Crippen LogP contribution is 2.43. The smallest absolute Gasteiger partial charge is 0.00863 e. The van der Waals surface area contributed by atoms with E-state index in [0.29, 0.717) is 5.41 Å². The van der Waals surface area contributed by atoms with Crippen LogP contribution in [0.25, 0.3) is 0 Å². The van der Waals surface area contributed by atoms with Crippen LogP contribution in [0.4, 0.5) is 0 Å². The minimum Gasteiger partial charge on any atom is -0.120 e. The first-order valence-electron chi connectivity index (χ1n) is 5.31. The molecule has 1 rings (SSSR count). The summed E-state index contributed by atoms with van der Waals surface area (Å²) in [5.41, 5.74) is 1.85. The van der Waals surface area contributed by atoms with Crippen LogP contribution in [0.15, 0.2) is 12.2 Å². The summed E-state index contributed by atoms with van der Waals surface area (Å²) in [5.74, 6) is 2.71. The van der Waals surface area contributed by atoms with Gasteiger partial charge in [-0.1, -0.05) is 25.5 Å². The minimum atomic E-state index is 0.398. The van der Waals surface area contributed by atoms with Gasteiger partial charge in [0.05, 0.1) is 0 Å². The van der Waals surface area contributed by atoms with Crippen LogP contribution in [0.2, 0.25) is 0 Å². The van der Waals surface area contributed by atoms with Crippen molar-refractivity contribution in [2.75, 3.05) is 0 Å². The molecule has 0 radical (unpaired) electrons. The molecule has 0 aromatic heterocycles. The van der Waals surface area contributed by atoms with Gasteiger partial charge in [0.25, 0.3) is 0 Å². The molecule has 0 nitrogen and oxygen atoms in total. The van der Waals surface area contributed by atoms with Crippen LogP contribution in [0.1, 0.15) is 51.9 Å². The van der Waals surface area contributed by atoms with Crippen LogP contribution in [0.3, 0.4) is 0 Å². The zero-order valence-electron chi connectivity index (χ0n) is 8.73. The Morgan fingerprint density at radius 2 is 2.31 bits per heavy atom. The lowest BCUT2D eigenvalue weighted by Gasteiger charge is -2.36. The number of hydrogen-bond donors (Lipinski definition) is 0. The molecule has 0 heteroatoms. The average molecular weight is 176 g/mol. The van der Waals surface area contributed by atoms with Gasteiger partial charge < -0.3 is 0 Å². The Morgan fingerprint density at radius 1 is 1.54 bits per heavy atom. The molecule has 0 unspecified atom stereocenters. The zero-order valence-corrected chi connectivity index (χ0v) is 8.73. The monoisotopic (exact) mass is 176 g/mol. The van der Waals surface area contributed by atoms with E-state index in [2.05, 4.69) is 19.4 Å². The molecule has 1 fully saturated rings. The second kappa shape index (κ2) is 4.51. The summed E-state index contributed by atoms with van der Waals surface area (Å²) < 4.78 is 0. The maximum Gasteiger partial charge on any atom is 0.00863 e. The Kier molecular flexibility index (Phi) is 3.60. The molecule has 0 saturated heterocycles. The summed E-state index contributed by atoms with van der Waals surface area (Å²) in [5, 5.41) is 0. The number of hydrogen-bond acceptors (Lipinski definition) is 0. The summed E-state index contributed by atoms with van der Waals surface area (Å²) in [7, 11) is 0. The maximum absolute atomic E-state index is 5.25. The molecule has 0 aromatic carbocycles. The normalized spacial score (nSPS) is 28.5. The van der Waals surface area contributed by atoms with Gasteiger partial charge in [0.2, 0.25) is 0 Å². The van der Waals surface area contributed by atoms with E-state index in [9.17, 15) is 0 Å². The van der Waals surface area contributed by atoms with Crippen molar-refractivity contribution < 1.29 is 0 Å². The summed E-state index contributed by atoms with van der Waals surface area (Å²) in [4.78, 5) is 0. The Labute approximate surface area is 82.4 Å². The van der Waals surface area contributed by atoms with Crippen molar-refractivity contribution in [2.24, 2.45) is 5.41 Å². The largest absolute Gasteiger partial charge is 0.120 e. The third-order valence-corrected chi connectivity index (χ3v) is 3.36. The molecule has 0 N–H and O–H groups in total. The number of rotatable bonds is 3. The summed E-state index contributed by atoms with van der Waals surface area (Å²) in [6, 6.07) is 0. The lowest BCUT2D eigenvalue weighted by Crippen LogP contribution is -2.22. The molecular weight excluding hydrogens is 156 g/mol. The van der Waals surface area contributed by atoms with E-state index in [1.807, 2.05) is 0 Å². The van der Waals surface area contributed by atoms with Crippen molar-refractivity contribution >= 4 is 0 Å². The highest BCUT2D eigenvalue weighted by Gasteiger charge is 2.29. The summed E-state index contributed by atoms with van der Waals surface area (Å²) in [6.45, 7) is 6.55. The fraction of sp³-hybridized carbons (Fsp3) is 0.692. The lowest BCUT2D eigenvalue weighted by molar-refractivity contribution is 0.277. The van der Waals surface area contributed by atoms with Gasteiger partial charge in [0.1, 0.15) is 0 Å². The van der Waals surface area contributed by atoms with Crippen LogP contribution in [0.5, 0.6) is 0 Å². The van der Waals surface area contributed by atoms with Gasteiger partial charge in [-0.05, 0) is 37.5 Å². The molecule has 72 valence electrons. The molecule has 13 heavy (non-hydrogen) atoms. The molecule has 1 aliphatic carbocycles. The van der Waals surface area contributed by atoms with E-state index in [0.717, 1.165) is 12.8 Å². The third-order valence-electron chi connectivity index (χ3n) is 3.36. The molecule has 0 heterocycles. The lowest BCUT2D eigenvalue weighted by atomic mass is 9.69.